The SMILES string of the molecule is Cc1cc(C(C)Nc2cccnc2C#N)c2oc(-c3ccc(F)c(F)c3)c(C)c(=O)c2c1. The van der Waals surface area contributed by atoms with Crippen LogP contribution in [0, 0.1) is 36.8 Å². The number of nitrogens with zero attached hydrogens (tertiary/aromatic N) is 2. The number of aryl methyl sites for hydroxylation is 1. The Labute approximate surface area is 183 Å². The van der Waals surface area contributed by atoms with Crippen LogP contribution >= 0.6 is 0 Å². The Morgan fingerprint density at radius 2 is 1.91 bits per heavy atom. The summed E-state index contributed by atoms with van der Waals surface area (Å²) in [7, 11) is 0. The monoisotopic (exact) mass is 431 g/mol. The molecular weight excluding hydrogens is 412 g/mol. The Morgan fingerprint density at radius 3 is 2.62 bits per heavy atom. The largest absolute Gasteiger partial charge is 0.455 e. The van der Waals surface area contributed by atoms with Crippen LogP contribution in [-0.4, -0.2) is 4.98 Å². The number of benzene rings is 2. The minimum Gasteiger partial charge on any atom is -0.455 e. The first kappa shape index (κ1) is 21.2. The van der Waals surface area contributed by atoms with Gasteiger partial charge in [0, 0.05) is 22.9 Å². The van der Waals surface area contributed by atoms with E-state index in [9.17, 15) is 18.8 Å². The second kappa shape index (κ2) is 8.23. The van der Waals surface area contributed by atoms with Crippen molar-refractivity contribution in [3.05, 3.63) is 92.9 Å². The second-order valence-corrected chi connectivity index (χ2v) is 7.62. The van der Waals surface area contributed by atoms with Gasteiger partial charge in [0.25, 0.3) is 0 Å². The van der Waals surface area contributed by atoms with E-state index in [4.69, 9.17) is 4.42 Å². The molecule has 1 N–H and O–H groups in total. The summed E-state index contributed by atoms with van der Waals surface area (Å²) in [4.78, 5) is 17.2. The van der Waals surface area contributed by atoms with Gasteiger partial charge in [-0.2, -0.15) is 5.26 Å². The molecule has 0 amide bonds. The zero-order chi connectivity index (χ0) is 23.0. The fraction of sp³-hybridized carbons (Fsp3) is 0.160. The summed E-state index contributed by atoms with van der Waals surface area (Å²) < 4.78 is 33.4. The van der Waals surface area contributed by atoms with Gasteiger partial charge in [0.15, 0.2) is 22.8 Å². The smallest absolute Gasteiger partial charge is 0.196 e. The molecule has 2 heterocycles. The minimum atomic E-state index is -1.02. The lowest BCUT2D eigenvalue weighted by molar-refractivity contribution is 0.508. The van der Waals surface area contributed by atoms with Gasteiger partial charge in [0.05, 0.1) is 17.1 Å². The fourth-order valence-corrected chi connectivity index (χ4v) is 3.72. The van der Waals surface area contributed by atoms with Crippen LogP contribution in [0.15, 0.2) is 57.9 Å². The maximum atomic E-state index is 13.8. The molecule has 32 heavy (non-hydrogen) atoms. The summed E-state index contributed by atoms with van der Waals surface area (Å²) in [5.74, 6) is -1.82. The number of hydrogen-bond acceptors (Lipinski definition) is 5. The van der Waals surface area contributed by atoms with Gasteiger partial charge in [0.1, 0.15) is 17.4 Å². The number of halogens is 2. The highest BCUT2D eigenvalue weighted by atomic mass is 19.2. The van der Waals surface area contributed by atoms with Crippen LogP contribution in [0.4, 0.5) is 14.5 Å². The Bertz CT molecular complexity index is 1450. The van der Waals surface area contributed by atoms with Gasteiger partial charge < -0.3 is 9.73 Å². The van der Waals surface area contributed by atoms with Crippen molar-refractivity contribution in [1.82, 2.24) is 4.98 Å². The summed E-state index contributed by atoms with van der Waals surface area (Å²) >= 11 is 0. The maximum absolute atomic E-state index is 13.8. The maximum Gasteiger partial charge on any atom is 0.196 e. The molecule has 1 unspecified atom stereocenters. The predicted molar refractivity (Wildman–Crippen MR) is 118 cm³/mol. The Kier molecular flexibility index (Phi) is 5.45. The van der Waals surface area contributed by atoms with Crippen molar-refractivity contribution in [2.45, 2.75) is 26.8 Å². The van der Waals surface area contributed by atoms with Crippen LogP contribution < -0.4 is 10.7 Å². The number of anilines is 1. The third-order valence-electron chi connectivity index (χ3n) is 5.33. The summed E-state index contributed by atoms with van der Waals surface area (Å²) in [5.41, 5.74) is 3.01. The van der Waals surface area contributed by atoms with Crippen molar-refractivity contribution in [1.29, 1.82) is 5.26 Å². The van der Waals surface area contributed by atoms with E-state index in [0.717, 1.165) is 17.7 Å². The standard InChI is InChI=1S/C25H19F2N3O2/c1-13-9-17(15(3)30-21-5-4-8-29-22(21)12-28)25-18(10-13)23(31)14(2)24(32-25)16-6-7-19(26)20(27)11-16/h4-11,15,30H,1-3H3. The van der Waals surface area contributed by atoms with Gasteiger partial charge in [-0.15, -0.1) is 0 Å². The average molecular weight is 431 g/mol. The number of hydrogen-bond donors (Lipinski definition) is 1. The van der Waals surface area contributed by atoms with Crippen LogP contribution in [-0.2, 0) is 0 Å². The number of nitrogens with one attached hydrogen (secondary N) is 1. The Hall–Kier alpha value is -4.05. The fourth-order valence-electron chi connectivity index (χ4n) is 3.72. The van der Waals surface area contributed by atoms with Crippen molar-refractivity contribution in [2.24, 2.45) is 0 Å². The van der Waals surface area contributed by atoms with E-state index in [1.54, 1.807) is 25.1 Å². The summed E-state index contributed by atoms with van der Waals surface area (Å²) in [6.07, 6.45) is 1.53. The number of aromatic nitrogens is 1. The predicted octanol–water partition coefficient (Wildman–Crippen LogP) is 5.79. The number of nitriles is 1. The normalized spacial score (nSPS) is 11.9. The molecule has 0 saturated heterocycles. The summed E-state index contributed by atoms with van der Waals surface area (Å²) in [6, 6.07) is 12.2. The molecule has 2 aromatic carbocycles. The molecule has 7 heteroatoms. The van der Waals surface area contributed by atoms with Crippen LogP contribution in [0.2, 0.25) is 0 Å². The van der Waals surface area contributed by atoms with E-state index in [1.807, 2.05) is 26.0 Å². The van der Waals surface area contributed by atoms with Crippen molar-refractivity contribution in [3.8, 4) is 17.4 Å². The molecule has 0 spiro atoms. The van der Waals surface area contributed by atoms with E-state index in [1.165, 1.54) is 12.3 Å². The van der Waals surface area contributed by atoms with Crippen LogP contribution in [0.5, 0.6) is 0 Å². The molecule has 160 valence electrons. The first-order chi connectivity index (χ1) is 15.3. The van der Waals surface area contributed by atoms with E-state index >= 15 is 0 Å². The van der Waals surface area contributed by atoms with Crippen LogP contribution in [0.25, 0.3) is 22.3 Å². The lowest BCUT2D eigenvalue weighted by Crippen LogP contribution is -2.13. The molecule has 0 saturated carbocycles. The van der Waals surface area contributed by atoms with E-state index in [0.29, 0.717) is 27.8 Å². The lowest BCUT2D eigenvalue weighted by Gasteiger charge is -2.19. The Balaban J connectivity index is 1.91. The van der Waals surface area contributed by atoms with Gasteiger partial charge >= 0.3 is 0 Å². The van der Waals surface area contributed by atoms with Gasteiger partial charge in [-0.05, 0) is 62.7 Å². The van der Waals surface area contributed by atoms with Crippen molar-refractivity contribution >= 4 is 16.7 Å². The third kappa shape index (κ3) is 3.71. The molecule has 0 radical (unpaired) electrons. The summed E-state index contributed by atoms with van der Waals surface area (Å²) in [6.45, 7) is 5.35. The molecule has 0 aliphatic heterocycles. The number of fused-ring (bicyclic) bond motifs is 1. The van der Waals surface area contributed by atoms with Gasteiger partial charge in [0.2, 0.25) is 0 Å². The molecule has 4 rings (SSSR count). The van der Waals surface area contributed by atoms with E-state index in [-0.39, 0.29) is 28.5 Å². The van der Waals surface area contributed by atoms with Gasteiger partial charge in [-0.25, -0.2) is 13.8 Å². The number of pyridine rings is 1. The highest BCUT2D eigenvalue weighted by molar-refractivity contribution is 5.84. The van der Waals surface area contributed by atoms with Crippen molar-refractivity contribution < 1.29 is 13.2 Å². The molecule has 2 aromatic heterocycles. The quantitative estimate of drug-likeness (QED) is 0.442. The van der Waals surface area contributed by atoms with Crippen molar-refractivity contribution in [3.63, 3.8) is 0 Å². The van der Waals surface area contributed by atoms with E-state index in [2.05, 4.69) is 10.3 Å². The molecule has 1 atom stereocenters. The Morgan fingerprint density at radius 1 is 1.12 bits per heavy atom. The van der Waals surface area contributed by atoms with E-state index < -0.39 is 11.6 Å². The zero-order valence-corrected chi connectivity index (χ0v) is 17.7. The molecule has 0 aliphatic carbocycles. The van der Waals surface area contributed by atoms with Crippen LogP contribution in [0.1, 0.15) is 35.3 Å². The topological polar surface area (TPSA) is 78.9 Å². The molecule has 0 bridgehead atoms. The molecule has 4 aromatic rings. The highest BCUT2D eigenvalue weighted by Crippen LogP contribution is 2.32. The zero-order valence-electron chi connectivity index (χ0n) is 17.7. The second-order valence-electron chi connectivity index (χ2n) is 7.62. The third-order valence-corrected chi connectivity index (χ3v) is 5.33. The highest BCUT2D eigenvalue weighted by Gasteiger charge is 2.20. The minimum absolute atomic E-state index is 0.179. The average Bonchev–Trinajstić information content (AvgIpc) is 2.78. The molecular formula is C25H19F2N3O2. The first-order valence-corrected chi connectivity index (χ1v) is 9.95. The number of rotatable bonds is 4. The first-order valence-electron chi connectivity index (χ1n) is 9.95. The molecule has 0 fully saturated rings. The van der Waals surface area contributed by atoms with Gasteiger partial charge in [-0.1, -0.05) is 6.07 Å². The summed E-state index contributed by atoms with van der Waals surface area (Å²) in [5, 5.41) is 13.0. The van der Waals surface area contributed by atoms with Crippen molar-refractivity contribution in [2.75, 3.05) is 5.32 Å². The lowest BCUT2D eigenvalue weighted by atomic mass is 9.98. The van der Waals surface area contributed by atoms with Gasteiger partial charge in [-0.3, -0.25) is 4.79 Å². The molecule has 5 nitrogen and oxygen atoms in total. The molecule has 0 aliphatic rings. The van der Waals surface area contributed by atoms with Crippen LogP contribution in [0.3, 0.4) is 0 Å².